The molecule has 0 aliphatic carbocycles. The Balaban J connectivity index is 1.94. The highest BCUT2D eigenvalue weighted by atomic mass is 19.1. The van der Waals surface area contributed by atoms with Crippen LogP contribution in [0.3, 0.4) is 0 Å². The van der Waals surface area contributed by atoms with E-state index < -0.39 is 0 Å². The van der Waals surface area contributed by atoms with Gasteiger partial charge in [-0.25, -0.2) is 4.39 Å². The number of benzene rings is 1. The molecule has 1 saturated heterocycles. The summed E-state index contributed by atoms with van der Waals surface area (Å²) in [6.07, 6.45) is 0.140. The summed E-state index contributed by atoms with van der Waals surface area (Å²) in [7, 11) is 1.93. The number of ether oxygens (including phenoxy) is 1. The number of nitriles is 1. The predicted molar refractivity (Wildman–Crippen MR) is 70.1 cm³/mol. The van der Waals surface area contributed by atoms with Crippen molar-refractivity contribution >= 4 is 0 Å². The van der Waals surface area contributed by atoms with E-state index >= 15 is 0 Å². The van der Waals surface area contributed by atoms with E-state index in [9.17, 15) is 4.39 Å². The number of hydrogen-bond acceptors (Lipinski definition) is 4. The smallest absolute Gasteiger partial charge is 0.127 e. The molecule has 0 amide bonds. The Morgan fingerprint density at radius 2 is 2.42 bits per heavy atom. The van der Waals surface area contributed by atoms with Crippen molar-refractivity contribution in [3.05, 3.63) is 35.1 Å². The third kappa shape index (κ3) is 4.00. The Bertz CT molecular complexity index is 466. The fourth-order valence-electron chi connectivity index (χ4n) is 2.21. The SMILES string of the molecule is CN(Cc1cc(C#N)ccc1F)CC1CNCCO1. The van der Waals surface area contributed by atoms with Crippen LogP contribution in [0.2, 0.25) is 0 Å². The monoisotopic (exact) mass is 263 g/mol. The molecule has 1 aliphatic rings. The number of nitrogens with one attached hydrogen (secondary N) is 1. The summed E-state index contributed by atoms with van der Waals surface area (Å²) in [6, 6.07) is 6.47. The van der Waals surface area contributed by atoms with Crippen LogP contribution >= 0.6 is 0 Å². The molecule has 0 spiro atoms. The van der Waals surface area contributed by atoms with Crippen molar-refractivity contribution in [1.82, 2.24) is 10.2 Å². The number of rotatable bonds is 4. The molecule has 2 rings (SSSR count). The molecule has 1 unspecified atom stereocenters. The van der Waals surface area contributed by atoms with E-state index in [1.165, 1.54) is 12.1 Å². The minimum atomic E-state index is -0.270. The Labute approximate surface area is 112 Å². The lowest BCUT2D eigenvalue weighted by Gasteiger charge is -2.28. The second-order valence-electron chi connectivity index (χ2n) is 4.81. The maximum atomic E-state index is 13.7. The van der Waals surface area contributed by atoms with Gasteiger partial charge in [-0.3, -0.25) is 4.90 Å². The second kappa shape index (κ2) is 6.62. The molecule has 1 aromatic rings. The Morgan fingerprint density at radius 3 is 3.11 bits per heavy atom. The van der Waals surface area contributed by atoms with Crippen LogP contribution in [0.25, 0.3) is 0 Å². The van der Waals surface area contributed by atoms with Crippen molar-refractivity contribution in [3.8, 4) is 6.07 Å². The molecule has 19 heavy (non-hydrogen) atoms. The first kappa shape index (κ1) is 13.9. The van der Waals surface area contributed by atoms with Gasteiger partial charge < -0.3 is 10.1 Å². The maximum Gasteiger partial charge on any atom is 0.127 e. The molecule has 0 saturated carbocycles. The van der Waals surface area contributed by atoms with Gasteiger partial charge in [-0.1, -0.05) is 0 Å². The van der Waals surface area contributed by atoms with Gasteiger partial charge in [0.2, 0.25) is 0 Å². The third-order valence-corrected chi connectivity index (χ3v) is 3.13. The highest BCUT2D eigenvalue weighted by Gasteiger charge is 2.16. The van der Waals surface area contributed by atoms with Crippen molar-refractivity contribution in [3.63, 3.8) is 0 Å². The largest absolute Gasteiger partial charge is 0.374 e. The standard InChI is InChI=1S/C14H18FN3O/c1-18(10-13-8-17-4-5-19-13)9-12-6-11(7-16)2-3-14(12)15/h2-3,6,13,17H,4-5,8-10H2,1H3. The second-order valence-corrected chi connectivity index (χ2v) is 4.81. The van der Waals surface area contributed by atoms with Crippen LogP contribution in [0.15, 0.2) is 18.2 Å². The van der Waals surface area contributed by atoms with Crippen LogP contribution in [-0.4, -0.2) is 44.3 Å². The number of morpholine rings is 1. The molecule has 1 aromatic carbocycles. The van der Waals surface area contributed by atoms with E-state index in [0.717, 1.165) is 26.2 Å². The van der Waals surface area contributed by atoms with E-state index in [2.05, 4.69) is 5.32 Å². The average molecular weight is 263 g/mol. The first-order valence-electron chi connectivity index (χ1n) is 6.38. The zero-order chi connectivity index (χ0) is 13.7. The van der Waals surface area contributed by atoms with Gasteiger partial charge in [0.05, 0.1) is 24.3 Å². The molecule has 1 heterocycles. The van der Waals surface area contributed by atoms with Crippen LogP contribution in [0, 0.1) is 17.1 Å². The Kier molecular flexibility index (Phi) is 4.86. The van der Waals surface area contributed by atoms with Crippen LogP contribution in [0.1, 0.15) is 11.1 Å². The number of hydrogen-bond donors (Lipinski definition) is 1. The summed E-state index contributed by atoms with van der Waals surface area (Å²) in [5.74, 6) is -0.270. The quantitative estimate of drug-likeness (QED) is 0.884. The number of likely N-dealkylation sites (N-methyl/N-ethyl adjacent to an activating group) is 1. The molecular formula is C14H18FN3O. The van der Waals surface area contributed by atoms with E-state index in [1.807, 2.05) is 18.0 Å². The van der Waals surface area contributed by atoms with Crippen LogP contribution in [0.5, 0.6) is 0 Å². The zero-order valence-electron chi connectivity index (χ0n) is 11.0. The summed E-state index contributed by atoms with van der Waals surface area (Å²) in [4.78, 5) is 2.01. The fraction of sp³-hybridized carbons (Fsp3) is 0.500. The molecular weight excluding hydrogens is 245 g/mol. The van der Waals surface area contributed by atoms with Gasteiger partial charge in [0.25, 0.3) is 0 Å². The minimum absolute atomic E-state index is 0.140. The van der Waals surface area contributed by atoms with E-state index in [0.29, 0.717) is 17.7 Å². The van der Waals surface area contributed by atoms with Crippen molar-refractivity contribution in [2.45, 2.75) is 12.6 Å². The topological polar surface area (TPSA) is 48.3 Å². The van der Waals surface area contributed by atoms with Crippen molar-refractivity contribution < 1.29 is 9.13 Å². The van der Waals surface area contributed by atoms with Gasteiger partial charge in [0, 0.05) is 31.7 Å². The van der Waals surface area contributed by atoms with Gasteiger partial charge >= 0.3 is 0 Å². The highest BCUT2D eigenvalue weighted by Crippen LogP contribution is 2.12. The van der Waals surface area contributed by atoms with Gasteiger partial charge in [-0.2, -0.15) is 5.26 Å². The minimum Gasteiger partial charge on any atom is -0.374 e. The zero-order valence-corrected chi connectivity index (χ0v) is 11.0. The van der Waals surface area contributed by atoms with E-state index in [-0.39, 0.29) is 11.9 Å². The lowest BCUT2D eigenvalue weighted by molar-refractivity contribution is 0.00870. The van der Waals surface area contributed by atoms with E-state index in [1.54, 1.807) is 6.07 Å². The molecule has 4 nitrogen and oxygen atoms in total. The lowest BCUT2D eigenvalue weighted by atomic mass is 10.1. The molecule has 0 bridgehead atoms. The molecule has 0 aromatic heterocycles. The Morgan fingerprint density at radius 1 is 1.58 bits per heavy atom. The summed E-state index contributed by atoms with van der Waals surface area (Å²) < 4.78 is 19.3. The summed E-state index contributed by atoms with van der Waals surface area (Å²) >= 11 is 0. The van der Waals surface area contributed by atoms with Crippen LogP contribution in [0.4, 0.5) is 4.39 Å². The van der Waals surface area contributed by atoms with Gasteiger partial charge in [0.15, 0.2) is 0 Å². The molecule has 1 atom stereocenters. The normalized spacial score (nSPS) is 19.4. The molecule has 1 aliphatic heterocycles. The lowest BCUT2D eigenvalue weighted by Crippen LogP contribution is -2.44. The van der Waals surface area contributed by atoms with Crippen molar-refractivity contribution in [2.75, 3.05) is 33.3 Å². The highest BCUT2D eigenvalue weighted by molar-refractivity contribution is 5.33. The molecule has 0 radical (unpaired) electrons. The van der Waals surface area contributed by atoms with Gasteiger partial charge in [-0.05, 0) is 25.2 Å². The predicted octanol–water partition coefficient (Wildman–Crippen LogP) is 1.12. The van der Waals surface area contributed by atoms with Crippen molar-refractivity contribution in [1.29, 1.82) is 5.26 Å². The van der Waals surface area contributed by atoms with Gasteiger partial charge in [-0.15, -0.1) is 0 Å². The van der Waals surface area contributed by atoms with Gasteiger partial charge in [0.1, 0.15) is 5.82 Å². The van der Waals surface area contributed by atoms with Crippen molar-refractivity contribution in [2.24, 2.45) is 0 Å². The Hall–Kier alpha value is -1.48. The number of nitrogens with zero attached hydrogens (tertiary/aromatic N) is 2. The molecule has 5 heteroatoms. The summed E-state index contributed by atoms with van der Waals surface area (Å²) in [5, 5.41) is 12.1. The van der Waals surface area contributed by atoms with Crippen LogP contribution in [-0.2, 0) is 11.3 Å². The average Bonchev–Trinajstić information content (AvgIpc) is 2.42. The summed E-state index contributed by atoms with van der Waals surface area (Å²) in [6.45, 7) is 3.64. The molecule has 1 N–H and O–H groups in total. The third-order valence-electron chi connectivity index (χ3n) is 3.13. The molecule has 102 valence electrons. The maximum absolute atomic E-state index is 13.7. The molecule has 1 fully saturated rings. The fourth-order valence-corrected chi connectivity index (χ4v) is 2.21. The van der Waals surface area contributed by atoms with E-state index in [4.69, 9.17) is 10.00 Å². The first-order valence-corrected chi connectivity index (χ1v) is 6.38. The summed E-state index contributed by atoms with van der Waals surface area (Å²) in [5.41, 5.74) is 1.03. The number of halogens is 1. The van der Waals surface area contributed by atoms with Crippen LogP contribution < -0.4 is 5.32 Å². The first-order chi connectivity index (χ1) is 9.19.